The van der Waals surface area contributed by atoms with Crippen LogP contribution in [-0.2, 0) is 0 Å². The fraction of sp³-hybridized carbons (Fsp3) is 0.200. The highest BCUT2D eigenvalue weighted by molar-refractivity contribution is 6.12. The van der Waals surface area contributed by atoms with E-state index in [9.17, 15) is 9.59 Å². The zero-order valence-corrected chi connectivity index (χ0v) is 16.4. The number of nitrogens with one attached hydrogen (secondary N) is 1. The highest BCUT2D eigenvalue weighted by Crippen LogP contribution is 2.52. The predicted molar refractivity (Wildman–Crippen MR) is 113 cm³/mol. The Morgan fingerprint density at radius 1 is 0.931 bits per heavy atom. The molecule has 3 aromatic rings. The summed E-state index contributed by atoms with van der Waals surface area (Å²) < 4.78 is 0. The SMILES string of the molecule is Cc1ccc2c(c1)[C@H](NC(=O)c1ccccc1)[C@@H](C)[C@H]1c3ccccc3C(=O)N21. The average Bonchev–Trinajstić information content (AvgIpc) is 3.04. The molecule has 0 aliphatic carbocycles. The maximum absolute atomic E-state index is 13.2. The molecule has 0 saturated carbocycles. The van der Waals surface area contributed by atoms with Crippen molar-refractivity contribution in [2.75, 3.05) is 4.90 Å². The number of carbonyl (C=O) groups is 2. The Hall–Kier alpha value is -3.40. The van der Waals surface area contributed by atoms with Gasteiger partial charge in [-0.1, -0.05) is 61.0 Å². The van der Waals surface area contributed by atoms with Crippen LogP contribution in [0.25, 0.3) is 0 Å². The van der Waals surface area contributed by atoms with E-state index in [4.69, 9.17) is 0 Å². The van der Waals surface area contributed by atoms with Gasteiger partial charge in [0.2, 0.25) is 0 Å². The molecule has 2 heterocycles. The Morgan fingerprint density at radius 2 is 1.66 bits per heavy atom. The standard InChI is InChI=1S/C25H22N2O2/c1-15-12-13-21-20(14-15)22(26-24(28)17-8-4-3-5-9-17)16(2)23-18-10-6-7-11-19(18)25(29)27(21)23/h3-14,16,22-23H,1-2H3,(H,26,28)/t16-,22-,23+/m1/s1. The summed E-state index contributed by atoms with van der Waals surface area (Å²) in [5, 5.41) is 3.25. The maximum atomic E-state index is 13.2. The quantitative estimate of drug-likeness (QED) is 0.691. The molecule has 0 aromatic heterocycles. The number of carbonyl (C=O) groups excluding carboxylic acids is 2. The molecule has 4 heteroatoms. The number of hydrogen-bond acceptors (Lipinski definition) is 2. The van der Waals surface area contributed by atoms with E-state index in [1.165, 1.54) is 0 Å². The van der Waals surface area contributed by atoms with E-state index in [1.54, 1.807) is 0 Å². The molecule has 0 spiro atoms. The van der Waals surface area contributed by atoms with Crippen LogP contribution in [-0.4, -0.2) is 11.8 Å². The van der Waals surface area contributed by atoms with E-state index in [0.717, 1.165) is 27.9 Å². The minimum atomic E-state index is -0.183. The summed E-state index contributed by atoms with van der Waals surface area (Å²) in [6.07, 6.45) is 0. The Labute approximate surface area is 170 Å². The van der Waals surface area contributed by atoms with Gasteiger partial charge in [0, 0.05) is 22.7 Å². The number of nitrogens with zero attached hydrogens (tertiary/aromatic N) is 1. The summed E-state index contributed by atoms with van der Waals surface area (Å²) in [4.78, 5) is 28.1. The number of hydrogen-bond donors (Lipinski definition) is 1. The van der Waals surface area contributed by atoms with Gasteiger partial charge in [-0.15, -0.1) is 0 Å². The van der Waals surface area contributed by atoms with Crippen LogP contribution >= 0.6 is 0 Å². The molecule has 0 bridgehead atoms. The van der Waals surface area contributed by atoms with Gasteiger partial charge in [-0.3, -0.25) is 9.59 Å². The van der Waals surface area contributed by atoms with Crippen LogP contribution in [0.4, 0.5) is 5.69 Å². The largest absolute Gasteiger partial charge is 0.345 e. The number of amides is 2. The van der Waals surface area contributed by atoms with Crippen LogP contribution in [0, 0.1) is 12.8 Å². The first-order valence-corrected chi connectivity index (χ1v) is 9.95. The second kappa shape index (κ2) is 6.59. The summed E-state index contributed by atoms with van der Waals surface area (Å²) >= 11 is 0. The molecule has 3 atom stereocenters. The van der Waals surface area contributed by atoms with Crippen molar-refractivity contribution in [1.29, 1.82) is 0 Å². The highest BCUT2D eigenvalue weighted by Gasteiger charge is 2.48. The van der Waals surface area contributed by atoms with E-state index < -0.39 is 0 Å². The van der Waals surface area contributed by atoms with Gasteiger partial charge in [0.1, 0.15) is 0 Å². The second-order valence-corrected chi connectivity index (χ2v) is 7.95. The summed E-state index contributed by atoms with van der Waals surface area (Å²) in [6.45, 7) is 4.15. The first-order valence-electron chi connectivity index (χ1n) is 9.95. The van der Waals surface area contributed by atoms with E-state index in [0.29, 0.717) is 5.56 Å². The van der Waals surface area contributed by atoms with Crippen molar-refractivity contribution >= 4 is 17.5 Å². The van der Waals surface area contributed by atoms with Gasteiger partial charge in [-0.05, 0) is 42.3 Å². The molecule has 2 aliphatic heterocycles. The fourth-order valence-electron chi connectivity index (χ4n) is 4.75. The molecular weight excluding hydrogens is 360 g/mol. The summed E-state index contributed by atoms with van der Waals surface area (Å²) in [7, 11) is 0. The smallest absolute Gasteiger partial charge is 0.259 e. The van der Waals surface area contributed by atoms with Crippen molar-refractivity contribution in [3.8, 4) is 0 Å². The summed E-state index contributed by atoms with van der Waals surface area (Å²) in [5.41, 5.74) is 5.43. The lowest BCUT2D eigenvalue weighted by atomic mass is 9.80. The molecule has 0 fully saturated rings. The second-order valence-electron chi connectivity index (χ2n) is 7.95. The molecular formula is C25H22N2O2. The monoisotopic (exact) mass is 382 g/mol. The van der Waals surface area contributed by atoms with Crippen LogP contribution < -0.4 is 10.2 Å². The molecule has 5 rings (SSSR count). The first kappa shape index (κ1) is 17.7. The van der Waals surface area contributed by atoms with Gasteiger partial charge in [0.15, 0.2) is 0 Å². The van der Waals surface area contributed by atoms with Crippen molar-refractivity contribution in [2.45, 2.75) is 25.9 Å². The number of anilines is 1. The third kappa shape index (κ3) is 2.67. The molecule has 0 saturated heterocycles. The van der Waals surface area contributed by atoms with Gasteiger partial charge >= 0.3 is 0 Å². The molecule has 0 unspecified atom stereocenters. The first-order chi connectivity index (χ1) is 14.1. The Balaban J connectivity index is 1.62. The lowest BCUT2D eigenvalue weighted by Crippen LogP contribution is -2.44. The van der Waals surface area contributed by atoms with E-state index in [-0.39, 0.29) is 29.8 Å². The Bertz CT molecular complexity index is 1120. The molecule has 3 aromatic carbocycles. The van der Waals surface area contributed by atoms with Crippen molar-refractivity contribution in [1.82, 2.24) is 5.32 Å². The molecule has 29 heavy (non-hydrogen) atoms. The van der Waals surface area contributed by atoms with Crippen molar-refractivity contribution in [3.63, 3.8) is 0 Å². The molecule has 2 aliphatic rings. The van der Waals surface area contributed by atoms with E-state index >= 15 is 0 Å². The van der Waals surface area contributed by atoms with Gasteiger partial charge < -0.3 is 10.2 Å². The minimum Gasteiger partial charge on any atom is -0.345 e. The molecule has 0 radical (unpaired) electrons. The molecule has 4 nitrogen and oxygen atoms in total. The summed E-state index contributed by atoms with van der Waals surface area (Å²) in [5.74, 6) is -0.0269. The van der Waals surface area contributed by atoms with E-state index in [1.807, 2.05) is 78.6 Å². The lowest BCUT2D eigenvalue weighted by Gasteiger charge is -2.42. The van der Waals surface area contributed by atoms with Gasteiger partial charge in [0.05, 0.1) is 12.1 Å². The lowest BCUT2D eigenvalue weighted by molar-refractivity contribution is 0.0912. The third-order valence-corrected chi connectivity index (χ3v) is 6.13. The third-order valence-electron chi connectivity index (χ3n) is 6.13. The molecule has 144 valence electrons. The number of benzene rings is 3. The van der Waals surface area contributed by atoms with Crippen molar-refractivity contribution < 1.29 is 9.59 Å². The van der Waals surface area contributed by atoms with Crippen LogP contribution in [0.15, 0.2) is 72.8 Å². The fourth-order valence-corrected chi connectivity index (χ4v) is 4.75. The van der Waals surface area contributed by atoms with Crippen LogP contribution in [0.5, 0.6) is 0 Å². The number of aryl methyl sites for hydroxylation is 1. The van der Waals surface area contributed by atoms with Crippen LogP contribution in [0.3, 0.4) is 0 Å². The zero-order chi connectivity index (χ0) is 20.1. The van der Waals surface area contributed by atoms with Gasteiger partial charge in [-0.25, -0.2) is 0 Å². The summed E-state index contributed by atoms with van der Waals surface area (Å²) in [6, 6.07) is 22.9. The average molecular weight is 382 g/mol. The molecule has 2 amide bonds. The minimum absolute atomic E-state index is 0.0320. The van der Waals surface area contributed by atoms with Gasteiger partial charge in [0.25, 0.3) is 11.8 Å². The number of fused-ring (bicyclic) bond motifs is 5. The van der Waals surface area contributed by atoms with Crippen molar-refractivity contribution in [3.05, 3.63) is 101 Å². The zero-order valence-electron chi connectivity index (χ0n) is 16.4. The van der Waals surface area contributed by atoms with Crippen LogP contribution in [0.2, 0.25) is 0 Å². The topological polar surface area (TPSA) is 49.4 Å². The van der Waals surface area contributed by atoms with E-state index in [2.05, 4.69) is 18.3 Å². The van der Waals surface area contributed by atoms with Crippen LogP contribution in [0.1, 0.15) is 56.4 Å². The van der Waals surface area contributed by atoms with Crippen molar-refractivity contribution in [2.24, 2.45) is 5.92 Å². The molecule has 1 N–H and O–H groups in total. The maximum Gasteiger partial charge on any atom is 0.259 e. The highest BCUT2D eigenvalue weighted by atomic mass is 16.2. The normalized spacial score (nSPS) is 21.9. The predicted octanol–water partition coefficient (Wildman–Crippen LogP) is 4.82. The Kier molecular flexibility index (Phi) is 4.02. The van der Waals surface area contributed by atoms with Gasteiger partial charge in [-0.2, -0.15) is 0 Å². The number of rotatable bonds is 2. The Morgan fingerprint density at radius 3 is 2.45 bits per heavy atom.